The van der Waals surface area contributed by atoms with Gasteiger partial charge in [-0.25, -0.2) is 4.85 Å². The number of benzene rings is 8. The van der Waals surface area contributed by atoms with Gasteiger partial charge in [0.1, 0.15) is 11.6 Å². The highest BCUT2D eigenvalue weighted by Crippen LogP contribution is 2.45. The van der Waals surface area contributed by atoms with Crippen LogP contribution < -0.4 is 0 Å². The molecule has 0 N–H and O–H groups in total. The maximum atomic E-state index is 15.1. The number of nitriles is 2. The van der Waals surface area contributed by atoms with Crippen LogP contribution in [0.3, 0.4) is 0 Å². The molecule has 0 bridgehead atoms. The number of nitrogens with zero attached hydrogens (tertiary/aromatic N) is 5. The summed E-state index contributed by atoms with van der Waals surface area (Å²) in [5.74, 6) is 0. The zero-order chi connectivity index (χ0) is 42.0. The van der Waals surface area contributed by atoms with Gasteiger partial charge < -0.3 is 9.13 Å². The van der Waals surface area contributed by atoms with Crippen molar-refractivity contribution in [2.45, 2.75) is 13.1 Å². The predicted octanol–water partition coefficient (Wildman–Crippen LogP) is 14.5. The van der Waals surface area contributed by atoms with E-state index in [4.69, 9.17) is 6.57 Å². The molecule has 10 aromatic rings. The van der Waals surface area contributed by atoms with Crippen LogP contribution in [0.2, 0.25) is 0 Å². The molecule has 0 radical (unpaired) electrons. The van der Waals surface area contributed by atoms with Crippen molar-refractivity contribution < 1.29 is 13.2 Å². The van der Waals surface area contributed by atoms with Crippen molar-refractivity contribution in [3.8, 4) is 56.9 Å². The number of para-hydroxylation sites is 2. The lowest BCUT2D eigenvalue weighted by Crippen LogP contribution is -2.10. The summed E-state index contributed by atoms with van der Waals surface area (Å²) >= 11 is 0. The van der Waals surface area contributed by atoms with Crippen LogP contribution in [0.4, 0.5) is 18.9 Å². The number of rotatable bonds is 5. The van der Waals surface area contributed by atoms with Crippen molar-refractivity contribution in [3.05, 3.63) is 197 Å². The highest BCUT2D eigenvalue weighted by molar-refractivity contribution is 6.12. The first-order valence-corrected chi connectivity index (χ1v) is 19.5. The first kappa shape index (κ1) is 36.9. The Morgan fingerprint density at radius 1 is 0.508 bits per heavy atom. The second kappa shape index (κ2) is 14.2. The molecular formula is C53H30F3N5. The third kappa shape index (κ3) is 5.99. The quantitative estimate of drug-likeness (QED) is 0.163. The first-order chi connectivity index (χ1) is 29.7. The minimum atomic E-state index is -4.66. The van der Waals surface area contributed by atoms with Crippen molar-refractivity contribution >= 4 is 49.3 Å². The highest BCUT2D eigenvalue weighted by atomic mass is 19.4. The van der Waals surface area contributed by atoms with E-state index in [2.05, 4.69) is 17.0 Å². The molecule has 8 heteroatoms. The van der Waals surface area contributed by atoms with E-state index in [-0.39, 0.29) is 11.1 Å². The van der Waals surface area contributed by atoms with Gasteiger partial charge in [0.25, 0.3) is 0 Å². The Balaban J connectivity index is 1.35. The van der Waals surface area contributed by atoms with E-state index in [0.29, 0.717) is 33.8 Å². The van der Waals surface area contributed by atoms with Gasteiger partial charge in [0.05, 0.1) is 57.2 Å². The number of alkyl halides is 3. The summed E-state index contributed by atoms with van der Waals surface area (Å²) < 4.78 is 49.1. The molecule has 0 amide bonds. The van der Waals surface area contributed by atoms with Crippen molar-refractivity contribution in [3.63, 3.8) is 0 Å². The third-order valence-electron chi connectivity index (χ3n) is 11.6. The van der Waals surface area contributed by atoms with Crippen molar-refractivity contribution in [1.82, 2.24) is 9.13 Å². The summed E-state index contributed by atoms with van der Waals surface area (Å²) in [5, 5.41) is 24.5. The lowest BCUT2D eigenvalue weighted by Gasteiger charge is -2.21. The summed E-state index contributed by atoms with van der Waals surface area (Å²) in [4.78, 5) is 3.54. The van der Waals surface area contributed by atoms with Gasteiger partial charge in [0, 0.05) is 21.5 Å². The molecule has 2 heterocycles. The number of fused-ring (bicyclic) bond motifs is 6. The van der Waals surface area contributed by atoms with E-state index < -0.39 is 11.7 Å². The van der Waals surface area contributed by atoms with Crippen molar-refractivity contribution in [2.75, 3.05) is 0 Å². The Labute approximate surface area is 348 Å². The van der Waals surface area contributed by atoms with Crippen LogP contribution in [0.1, 0.15) is 22.3 Å². The average Bonchev–Trinajstić information content (AvgIpc) is 3.80. The zero-order valence-corrected chi connectivity index (χ0v) is 32.5. The number of hydrogen-bond acceptors (Lipinski definition) is 2. The molecule has 0 aliphatic heterocycles. The topological polar surface area (TPSA) is 61.8 Å². The van der Waals surface area contributed by atoms with Gasteiger partial charge >= 0.3 is 6.18 Å². The number of halogens is 3. The normalized spacial score (nSPS) is 11.6. The lowest BCUT2D eigenvalue weighted by atomic mass is 9.92. The van der Waals surface area contributed by atoms with Crippen LogP contribution >= 0.6 is 0 Å². The van der Waals surface area contributed by atoms with Gasteiger partial charge in [-0.3, -0.25) is 0 Å². The van der Waals surface area contributed by atoms with Crippen LogP contribution in [-0.4, -0.2) is 9.13 Å². The molecule has 0 aliphatic carbocycles. The molecule has 61 heavy (non-hydrogen) atoms. The molecule has 0 aliphatic rings. The molecule has 5 nitrogen and oxygen atoms in total. The molecular weight excluding hydrogens is 764 g/mol. The fraction of sp³-hybridized carbons (Fsp3) is 0.0377. The summed E-state index contributed by atoms with van der Waals surface area (Å²) in [6, 6.07) is 54.8. The zero-order valence-electron chi connectivity index (χ0n) is 32.5. The van der Waals surface area contributed by atoms with E-state index >= 15 is 13.2 Å². The average molecular weight is 794 g/mol. The largest absolute Gasteiger partial charge is 0.417 e. The molecule has 0 fully saturated rings. The molecule has 2 aromatic heterocycles. The van der Waals surface area contributed by atoms with Gasteiger partial charge in [-0.2, -0.15) is 23.7 Å². The van der Waals surface area contributed by atoms with Gasteiger partial charge in [0.2, 0.25) is 0 Å². The van der Waals surface area contributed by atoms with Gasteiger partial charge in [-0.05, 0) is 100 Å². The second-order valence-electron chi connectivity index (χ2n) is 15.0. The van der Waals surface area contributed by atoms with E-state index in [1.807, 2.05) is 118 Å². The Kier molecular flexibility index (Phi) is 8.58. The van der Waals surface area contributed by atoms with E-state index in [0.717, 1.165) is 71.9 Å². The Bertz CT molecular complexity index is 3350. The predicted molar refractivity (Wildman–Crippen MR) is 237 cm³/mol. The summed E-state index contributed by atoms with van der Waals surface area (Å²) in [6.45, 7) is 9.11. The Hall–Kier alpha value is -8.38. The molecule has 0 atom stereocenters. The minimum Gasteiger partial charge on any atom is -0.308 e. The minimum absolute atomic E-state index is 0.0300. The molecule has 288 valence electrons. The molecule has 0 unspecified atom stereocenters. The number of aromatic nitrogens is 2. The van der Waals surface area contributed by atoms with Crippen LogP contribution in [0.5, 0.6) is 0 Å². The van der Waals surface area contributed by atoms with Crippen LogP contribution in [0.15, 0.2) is 164 Å². The maximum Gasteiger partial charge on any atom is 0.417 e. The molecule has 8 aromatic carbocycles. The van der Waals surface area contributed by atoms with Crippen LogP contribution in [0, 0.1) is 36.2 Å². The first-order valence-electron chi connectivity index (χ1n) is 19.5. The van der Waals surface area contributed by atoms with Crippen molar-refractivity contribution in [1.29, 1.82) is 10.5 Å². The van der Waals surface area contributed by atoms with Gasteiger partial charge in [0.15, 0.2) is 5.69 Å². The maximum absolute atomic E-state index is 15.1. The highest BCUT2D eigenvalue weighted by Gasteiger charge is 2.35. The number of aryl methyl sites for hydroxylation is 1. The van der Waals surface area contributed by atoms with Gasteiger partial charge in [-0.15, -0.1) is 0 Å². The van der Waals surface area contributed by atoms with Crippen LogP contribution in [0.25, 0.3) is 93.2 Å². The Morgan fingerprint density at radius 2 is 1.00 bits per heavy atom. The third-order valence-corrected chi connectivity index (χ3v) is 11.6. The summed E-state index contributed by atoms with van der Waals surface area (Å²) in [7, 11) is 0. The standard InChI is InChI=1S/C53H30F3N5/c1-32-8-7-11-45(53(54,55)56)52(32)38-28-50(60-46-12-5-3-9-40(46)42-24-20-36(26-48(42)60)34-16-14-33(30-57)15-17-34)44(31-58)51(29-38)61-47-13-6-4-10-41(47)43-25-21-37(27-49(43)61)35-18-22-39(59-2)23-19-35/h3-29H,1H3. The molecule has 0 spiro atoms. The second-order valence-corrected chi connectivity index (χ2v) is 15.0. The molecule has 0 saturated carbocycles. The molecule has 0 saturated heterocycles. The van der Waals surface area contributed by atoms with Crippen LogP contribution in [-0.2, 0) is 6.18 Å². The smallest absolute Gasteiger partial charge is 0.308 e. The van der Waals surface area contributed by atoms with Crippen molar-refractivity contribution in [2.24, 2.45) is 0 Å². The fourth-order valence-electron chi connectivity index (χ4n) is 8.80. The van der Waals surface area contributed by atoms with E-state index in [1.54, 1.807) is 49.4 Å². The SMILES string of the molecule is [C-]#[N+]c1ccc(-c2ccc3c4ccccc4n(-c4cc(-c5c(C)cccc5C(F)(F)F)cc(-n5c6ccccc6c6ccc(-c7ccc(C#N)cc7)cc65)c4C#N)c3c2)cc1. The summed E-state index contributed by atoms with van der Waals surface area (Å²) in [6.07, 6.45) is -4.66. The summed E-state index contributed by atoms with van der Waals surface area (Å²) in [5.41, 5.74) is 8.77. The fourth-order valence-corrected chi connectivity index (χ4v) is 8.80. The van der Waals surface area contributed by atoms with Gasteiger partial charge in [-0.1, -0.05) is 109 Å². The van der Waals surface area contributed by atoms with E-state index in [9.17, 15) is 10.5 Å². The lowest BCUT2D eigenvalue weighted by molar-refractivity contribution is -0.137. The molecule has 10 rings (SSSR count). The Morgan fingerprint density at radius 3 is 1.49 bits per heavy atom. The van der Waals surface area contributed by atoms with E-state index in [1.165, 1.54) is 6.07 Å². The monoisotopic (exact) mass is 793 g/mol. The number of hydrogen-bond donors (Lipinski definition) is 0.